The van der Waals surface area contributed by atoms with Gasteiger partial charge in [-0.15, -0.1) is 0 Å². The molecule has 0 aromatic heterocycles. The highest BCUT2D eigenvalue weighted by atomic mass is 32.2. The van der Waals surface area contributed by atoms with E-state index in [2.05, 4.69) is 0 Å². The largest absolute Gasteiger partial charge is 0.493 e. The Morgan fingerprint density at radius 1 is 1.17 bits per heavy atom. The third-order valence-corrected chi connectivity index (χ3v) is 3.62. The first-order valence-corrected chi connectivity index (χ1v) is 7.22. The van der Waals surface area contributed by atoms with Crippen LogP contribution in [-0.2, 0) is 21.1 Å². The van der Waals surface area contributed by atoms with E-state index in [1.54, 1.807) is 6.07 Å². The number of hydrogen-bond donors (Lipinski definition) is 0. The number of aldehydes is 1. The predicted molar refractivity (Wildman–Crippen MR) is 67.0 cm³/mol. The minimum Gasteiger partial charge on any atom is -0.493 e. The molecule has 18 heavy (non-hydrogen) atoms. The highest BCUT2D eigenvalue weighted by Crippen LogP contribution is 2.37. The van der Waals surface area contributed by atoms with Crippen LogP contribution >= 0.6 is 0 Å². The zero-order valence-corrected chi connectivity index (χ0v) is 11.4. The summed E-state index contributed by atoms with van der Waals surface area (Å²) in [5, 5.41) is 0. The number of methoxy groups -OCH3 is 2. The maximum atomic E-state index is 11.6. The minimum atomic E-state index is -3.39. The van der Waals surface area contributed by atoms with Gasteiger partial charge in [-0.1, -0.05) is 6.07 Å². The fraction of sp³-hybridized carbons (Fsp3) is 0.417. The van der Waals surface area contributed by atoms with Crippen molar-refractivity contribution in [2.24, 2.45) is 0 Å². The highest BCUT2D eigenvalue weighted by molar-refractivity contribution is 7.90. The van der Waals surface area contributed by atoms with Crippen LogP contribution in [0, 0.1) is 0 Å². The van der Waals surface area contributed by atoms with E-state index in [0.717, 1.165) is 18.1 Å². The maximum Gasteiger partial charge on any atom is 0.179 e. The zero-order valence-electron chi connectivity index (χ0n) is 10.6. The van der Waals surface area contributed by atoms with Crippen LogP contribution in [0.2, 0.25) is 0 Å². The standard InChI is InChI=1S/C12H16O5S/c1-16-11-9(5-4-8-13)6-7-10(12(11)17-2)18(3,14)15/h6-8H,4-5H2,1-3H3. The Balaban J connectivity index is 3.41. The zero-order chi connectivity index (χ0) is 13.8. The third-order valence-electron chi connectivity index (χ3n) is 2.50. The number of benzene rings is 1. The van der Waals surface area contributed by atoms with Gasteiger partial charge in [0.15, 0.2) is 21.3 Å². The van der Waals surface area contributed by atoms with E-state index in [9.17, 15) is 13.2 Å². The molecule has 0 heterocycles. The normalized spacial score (nSPS) is 11.1. The third kappa shape index (κ3) is 3.01. The number of hydrogen-bond acceptors (Lipinski definition) is 5. The van der Waals surface area contributed by atoms with Crippen LogP contribution in [0.3, 0.4) is 0 Å². The lowest BCUT2D eigenvalue weighted by molar-refractivity contribution is -0.107. The molecule has 6 heteroatoms. The van der Waals surface area contributed by atoms with E-state index in [0.29, 0.717) is 18.6 Å². The monoisotopic (exact) mass is 272 g/mol. The van der Waals surface area contributed by atoms with Gasteiger partial charge >= 0.3 is 0 Å². The number of sulfone groups is 1. The molecule has 1 aromatic rings. The van der Waals surface area contributed by atoms with Gasteiger partial charge in [0, 0.05) is 12.7 Å². The van der Waals surface area contributed by atoms with Crippen LogP contribution in [0.4, 0.5) is 0 Å². The van der Waals surface area contributed by atoms with Gasteiger partial charge in [-0.3, -0.25) is 0 Å². The fourth-order valence-electron chi connectivity index (χ4n) is 1.71. The molecule has 0 aliphatic rings. The van der Waals surface area contributed by atoms with Gasteiger partial charge in [0.1, 0.15) is 11.2 Å². The molecule has 0 bridgehead atoms. The lowest BCUT2D eigenvalue weighted by atomic mass is 10.1. The van der Waals surface area contributed by atoms with Crippen molar-refractivity contribution >= 4 is 16.1 Å². The summed E-state index contributed by atoms with van der Waals surface area (Å²) in [6.45, 7) is 0. The molecule has 5 nitrogen and oxygen atoms in total. The fourth-order valence-corrected chi connectivity index (χ4v) is 2.53. The average Bonchev–Trinajstić information content (AvgIpc) is 2.33. The van der Waals surface area contributed by atoms with Crippen LogP contribution in [0.5, 0.6) is 11.5 Å². The minimum absolute atomic E-state index is 0.0803. The molecule has 1 rings (SSSR count). The van der Waals surface area contributed by atoms with Crippen LogP contribution in [0.1, 0.15) is 12.0 Å². The summed E-state index contributed by atoms with van der Waals surface area (Å²) in [5.74, 6) is 0.547. The Labute approximate surface area is 107 Å². The SMILES string of the molecule is COc1c(CCC=O)ccc(S(C)(=O)=O)c1OC. The van der Waals surface area contributed by atoms with Crippen molar-refractivity contribution in [2.45, 2.75) is 17.7 Å². The Kier molecular flexibility index (Phi) is 4.72. The molecule has 100 valence electrons. The van der Waals surface area contributed by atoms with Crippen molar-refractivity contribution in [1.82, 2.24) is 0 Å². The summed E-state index contributed by atoms with van der Waals surface area (Å²) < 4.78 is 33.5. The summed E-state index contributed by atoms with van der Waals surface area (Å²) in [5.41, 5.74) is 0.744. The van der Waals surface area contributed by atoms with Gasteiger partial charge in [0.2, 0.25) is 0 Å². The van der Waals surface area contributed by atoms with E-state index < -0.39 is 9.84 Å². The first-order chi connectivity index (χ1) is 8.45. The van der Waals surface area contributed by atoms with Gasteiger partial charge in [0.25, 0.3) is 0 Å². The van der Waals surface area contributed by atoms with Gasteiger partial charge in [0.05, 0.1) is 14.2 Å². The van der Waals surface area contributed by atoms with Crippen molar-refractivity contribution in [2.75, 3.05) is 20.5 Å². The second kappa shape index (κ2) is 5.86. The van der Waals surface area contributed by atoms with E-state index in [1.807, 2.05) is 0 Å². The van der Waals surface area contributed by atoms with E-state index in [-0.39, 0.29) is 10.6 Å². The molecule has 0 amide bonds. The van der Waals surface area contributed by atoms with Crippen LogP contribution in [0.25, 0.3) is 0 Å². The van der Waals surface area contributed by atoms with E-state index >= 15 is 0 Å². The molecular weight excluding hydrogens is 256 g/mol. The Bertz CT molecular complexity index is 534. The smallest absolute Gasteiger partial charge is 0.179 e. The molecule has 0 spiro atoms. The highest BCUT2D eigenvalue weighted by Gasteiger charge is 2.21. The molecule has 0 fully saturated rings. The summed E-state index contributed by atoms with van der Waals surface area (Å²) in [6.07, 6.45) is 2.73. The summed E-state index contributed by atoms with van der Waals surface area (Å²) in [6, 6.07) is 3.11. The predicted octanol–water partition coefficient (Wildman–Crippen LogP) is 1.24. The molecule has 0 aliphatic carbocycles. The molecule has 0 aliphatic heterocycles. The second-order valence-corrected chi connectivity index (χ2v) is 5.75. The quantitative estimate of drug-likeness (QED) is 0.729. The Morgan fingerprint density at radius 2 is 1.78 bits per heavy atom. The summed E-state index contributed by atoms with van der Waals surface area (Å²) >= 11 is 0. The number of carbonyl (C=O) groups is 1. The van der Waals surface area contributed by atoms with E-state index in [4.69, 9.17) is 9.47 Å². The first kappa shape index (κ1) is 14.5. The van der Waals surface area contributed by atoms with Crippen LogP contribution in [0.15, 0.2) is 17.0 Å². The second-order valence-electron chi connectivity index (χ2n) is 3.77. The van der Waals surface area contributed by atoms with Crippen molar-refractivity contribution in [3.8, 4) is 11.5 Å². The van der Waals surface area contributed by atoms with Crippen molar-refractivity contribution in [3.63, 3.8) is 0 Å². The molecule has 0 N–H and O–H groups in total. The topological polar surface area (TPSA) is 69.7 Å². The Hall–Kier alpha value is -1.56. The molecule has 1 aromatic carbocycles. The van der Waals surface area contributed by atoms with Gasteiger partial charge < -0.3 is 14.3 Å². The van der Waals surface area contributed by atoms with Gasteiger partial charge in [-0.05, 0) is 18.1 Å². The molecule has 0 saturated heterocycles. The van der Waals surface area contributed by atoms with Gasteiger partial charge in [-0.25, -0.2) is 8.42 Å². The molecular formula is C12H16O5S. The average molecular weight is 272 g/mol. The molecule has 0 atom stereocenters. The first-order valence-electron chi connectivity index (χ1n) is 5.33. The number of carbonyl (C=O) groups excluding carboxylic acids is 1. The summed E-state index contributed by atoms with van der Waals surface area (Å²) in [4.78, 5) is 10.5. The number of rotatable bonds is 6. The van der Waals surface area contributed by atoms with E-state index in [1.165, 1.54) is 20.3 Å². The molecule has 0 unspecified atom stereocenters. The lowest BCUT2D eigenvalue weighted by Crippen LogP contribution is -2.04. The number of aryl methyl sites for hydroxylation is 1. The van der Waals surface area contributed by atoms with Crippen molar-refractivity contribution in [1.29, 1.82) is 0 Å². The van der Waals surface area contributed by atoms with Crippen molar-refractivity contribution in [3.05, 3.63) is 17.7 Å². The van der Waals surface area contributed by atoms with Gasteiger partial charge in [-0.2, -0.15) is 0 Å². The van der Waals surface area contributed by atoms with Crippen LogP contribution in [-0.4, -0.2) is 35.2 Å². The lowest BCUT2D eigenvalue weighted by Gasteiger charge is -2.15. The maximum absolute atomic E-state index is 11.6. The molecule has 0 saturated carbocycles. The Morgan fingerprint density at radius 3 is 2.22 bits per heavy atom. The number of ether oxygens (including phenoxy) is 2. The molecule has 0 radical (unpaired) electrons. The van der Waals surface area contributed by atoms with Crippen LogP contribution < -0.4 is 9.47 Å². The summed E-state index contributed by atoms with van der Waals surface area (Å²) in [7, 11) is -0.566. The van der Waals surface area contributed by atoms with Crippen molar-refractivity contribution < 1.29 is 22.7 Å².